The minimum Gasteiger partial charge on any atom is -0.493 e. The molecule has 0 saturated heterocycles. The molecule has 27 heavy (non-hydrogen) atoms. The second-order valence-electron chi connectivity index (χ2n) is 5.92. The quantitative estimate of drug-likeness (QED) is 0.753. The van der Waals surface area contributed by atoms with E-state index in [1.54, 1.807) is 25.1 Å². The van der Waals surface area contributed by atoms with Crippen molar-refractivity contribution in [3.05, 3.63) is 58.9 Å². The Morgan fingerprint density at radius 1 is 1.07 bits per heavy atom. The molecule has 1 atom stereocenters. The highest BCUT2D eigenvalue weighted by Crippen LogP contribution is 2.27. The number of ether oxygens (including phenoxy) is 3. The Hall–Kier alpha value is -3.09. The summed E-state index contributed by atoms with van der Waals surface area (Å²) in [6, 6.07) is 9.28. The van der Waals surface area contributed by atoms with Crippen molar-refractivity contribution in [1.29, 1.82) is 0 Å². The number of halogens is 1. The van der Waals surface area contributed by atoms with Crippen LogP contribution in [-0.2, 0) is 16.1 Å². The molecule has 6 nitrogen and oxygen atoms in total. The van der Waals surface area contributed by atoms with Gasteiger partial charge in [0.25, 0.3) is 5.91 Å². The Labute approximate surface area is 157 Å². The second-order valence-corrected chi connectivity index (χ2v) is 5.92. The maximum atomic E-state index is 13.6. The number of nitrogens with one attached hydrogen (secondary N) is 1. The molecule has 2 rings (SSSR count). The molecule has 0 saturated carbocycles. The van der Waals surface area contributed by atoms with Gasteiger partial charge < -0.3 is 19.5 Å². The van der Waals surface area contributed by atoms with E-state index < -0.39 is 23.8 Å². The minimum absolute atomic E-state index is 0.0534. The fourth-order valence-corrected chi connectivity index (χ4v) is 2.33. The molecular weight excluding hydrogens is 353 g/mol. The lowest BCUT2D eigenvalue weighted by molar-refractivity contribution is -0.129. The van der Waals surface area contributed by atoms with E-state index in [2.05, 4.69) is 5.32 Å². The molecular formula is C20H22FNO5. The first-order chi connectivity index (χ1) is 12.8. The van der Waals surface area contributed by atoms with Gasteiger partial charge in [-0.15, -0.1) is 0 Å². The maximum Gasteiger partial charge on any atom is 0.339 e. The Morgan fingerprint density at radius 3 is 2.41 bits per heavy atom. The third kappa shape index (κ3) is 5.20. The average Bonchev–Trinajstić information content (AvgIpc) is 2.67. The molecule has 1 amide bonds. The lowest BCUT2D eigenvalue weighted by Gasteiger charge is -2.14. The zero-order valence-corrected chi connectivity index (χ0v) is 15.7. The van der Waals surface area contributed by atoms with Crippen LogP contribution in [0.5, 0.6) is 11.5 Å². The number of carbonyl (C=O) groups excluding carboxylic acids is 2. The molecule has 0 aromatic heterocycles. The summed E-state index contributed by atoms with van der Waals surface area (Å²) < 4.78 is 29.0. The van der Waals surface area contributed by atoms with Crippen LogP contribution in [0.1, 0.15) is 28.4 Å². The first-order valence-corrected chi connectivity index (χ1v) is 8.31. The fraction of sp³-hybridized carbons (Fsp3) is 0.300. The van der Waals surface area contributed by atoms with Crippen LogP contribution >= 0.6 is 0 Å². The normalized spacial score (nSPS) is 11.4. The van der Waals surface area contributed by atoms with Gasteiger partial charge in [-0.3, -0.25) is 4.79 Å². The van der Waals surface area contributed by atoms with Crippen molar-refractivity contribution in [2.75, 3.05) is 14.2 Å². The third-order valence-corrected chi connectivity index (χ3v) is 3.98. The maximum absolute atomic E-state index is 13.6. The zero-order chi connectivity index (χ0) is 20.0. The van der Waals surface area contributed by atoms with E-state index in [-0.39, 0.29) is 12.1 Å². The van der Waals surface area contributed by atoms with Crippen LogP contribution in [0.25, 0.3) is 0 Å². The molecule has 0 unspecified atom stereocenters. The van der Waals surface area contributed by atoms with Gasteiger partial charge in [-0.25, -0.2) is 9.18 Å². The van der Waals surface area contributed by atoms with Crippen LogP contribution in [0.2, 0.25) is 0 Å². The fourth-order valence-electron chi connectivity index (χ4n) is 2.33. The summed E-state index contributed by atoms with van der Waals surface area (Å²) in [6.45, 7) is 3.27. The van der Waals surface area contributed by atoms with E-state index >= 15 is 0 Å². The minimum atomic E-state index is -1.03. The summed E-state index contributed by atoms with van der Waals surface area (Å²) in [5.41, 5.74) is 1.27. The topological polar surface area (TPSA) is 73.9 Å². The van der Waals surface area contributed by atoms with E-state index in [0.717, 1.165) is 11.6 Å². The van der Waals surface area contributed by atoms with Crippen LogP contribution in [-0.4, -0.2) is 32.2 Å². The number of amides is 1. The molecule has 0 bridgehead atoms. The summed E-state index contributed by atoms with van der Waals surface area (Å²) >= 11 is 0. The molecule has 0 aliphatic rings. The first kappa shape index (κ1) is 20.2. The Bertz CT molecular complexity index is 837. The van der Waals surface area contributed by atoms with Crippen molar-refractivity contribution in [3.8, 4) is 11.5 Å². The van der Waals surface area contributed by atoms with Crippen LogP contribution in [0.4, 0.5) is 4.39 Å². The standard InChI is InChI=1S/C20H22FNO5/c1-12-5-7-15(10-16(12)21)20(24)27-13(2)19(23)22-11-14-6-8-17(25-3)18(9-14)26-4/h5-10,13H,11H2,1-4H3,(H,22,23)/t13-/m1/s1. The van der Waals surface area contributed by atoms with Gasteiger partial charge in [0.15, 0.2) is 17.6 Å². The summed E-state index contributed by atoms with van der Waals surface area (Å²) in [5, 5.41) is 2.68. The van der Waals surface area contributed by atoms with E-state index in [9.17, 15) is 14.0 Å². The molecule has 7 heteroatoms. The van der Waals surface area contributed by atoms with Gasteiger partial charge in [0.2, 0.25) is 0 Å². The van der Waals surface area contributed by atoms with Crippen LogP contribution < -0.4 is 14.8 Å². The predicted octanol–water partition coefficient (Wildman–Crippen LogP) is 3.01. The Balaban J connectivity index is 1.93. The summed E-state index contributed by atoms with van der Waals surface area (Å²) in [5.74, 6) is -0.603. The van der Waals surface area contributed by atoms with Gasteiger partial charge >= 0.3 is 5.97 Å². The van der Waals surface area contributed by atoms with Crippen molar-refractivity contribution in [2.45, 2.75) is 26.5 Å². The summed E-state index contributed by atoms with van der Waals surface area (Å²) in [7, 11) is 3.06. The lowest BCUT2D eigenvalue weighted by Crippen LogP contribution is -2.35. The molecule has 0 radical (unpaired) electrons. The van der Waals surface area contributed by atoms with Crippen molar-refractivity contribution in [3.63, 3.8) is 0 Å². The number of benzene rings is 2. The molecule has 0 heterocycles. The molecule has 0 aliphatic heterocycles. The molecule has 0 aliphatic carbocycles. The first-order valence-electron chi connectivity index (χ1n) is 8.31. The highest BCUT2D eigenvalue weighted by molar-refractivity contribution is 5.92. The number of aryl methyl sites for hydroxylation is 1. The van der Waals surface area contributed by atoms with Crippen LogP contribution in [0, 0.1) is 12.7 Å². The van der Waals surface area contributed by atoms with Crippen molar-refractivity contribution >= 4 is 11.9 Å². The Kier molecular flexibility index (Phi) is 6.76. The van der Waals surface area contributed by atoms with Gasteiger partial charge in [-0.05, 0) is 49.2 Å². The predicted molar refractivity (Wildman–Crippen MR) is 97.4 cm³/mol. The molecule has 0 spiro atoms. The van der Waals surface area contributed by atoms with Crippen molar-refractivity contribution in [1.82, 2.24) is 5.32 Å². The number of methoxy groups -OCH3 is 2. The largest absolute Gasteiger partial charge is 0.493 e. The molecule has 2 aromatic rings. The summed E-state index contributed by atoms with van der Waals surface area (Å²) in [4.78, 5) is 24.2. The van der Waals surface area contributed by atoms with E-state index in [1.807, 2.05) is 0 Å². The van der Waals surface area contributed by atoms with E-state index in [4.69, 9.17) is 14.2 Å². The number of hydrogen-bond donors (Lipinski definition) is 1. The average molecular weight is 375 g/mol. The molecule has 0 fully saturated rings. The highest BCUT2D eigenvalue weighted by atomic mass is 19.1. The van der Waals surface area contributed by atoms with Gasteiger partial charge in [-0.2, -0.15) is 0 Å². The van der Waals surface area contributed by atoms with Crippen molar-refractivity contribution in [2.24, 2.45) is 0 Å². The number of hydrogen-bond acceptors (Lipinski definition) is 5. The van der Waals surface area contributed by atoms with Gasteiger partial charge in [0.1, 0.15) is 5.82 Å². The number of carbonyl (C=O) groups is 2. The molecule has 1 N–H and O–H groups in total. The van der Waals surface area contributed by atoms with Gasteiger partial charge in [-0.1, -0.05) is 12.1 Å². The Morgan fingerprint density at radius 2 is 1.78 bits per heavy atom. The highest BCUT2D eigenvalue weighted by Gasteiger charge is 2.19. The van der Waals surface area contributed by atoms with Crippen molar-refractivity contribution < 1.29 is 28.2 Å². The van der Waals surface area contributed by atoms with E-state index in [1.165, 1.54) is 33.3 Å². The zero-order valence-electron chi connectivity index (χ0n) is 15.7. The number of rotatable bonds is 7. The molecule has 144 valence electrons. The number of esters is 1. The van der Waals surface area contributed by atoms with Crippen LogP contribution in [0.3, 0.4) is 0 Å². The smallest absolute Gasteiger partial charge is 0.339 e. The second kappa shape index (κ2) is 9.02. The molecule has 2 aromatic carbocycles. The van der Waals surface area contributed by atoms with Gasteiger partial charge in [0.05, 0.1) is 19.8 Å². The third-order valence-electron chi connectivity index (χ3n) is 3.98. The monoisotopic (exact) mass is 375 g/mol. The van der Waals surface area contributed by atoms with Crippen LogP contribution in [0.15, 0.2) is 36.4 Å². The van der Waals surface area contributed by atoms with E-state index in [0.29, 0.717) is 17.1 Å². The van der Waals surface area contributed by atoms with Gasteiger partial charge in [0, 0.05) is 6.54 Å². The SMILES string of the molecule is COc1ccc(CNC(=O)[C@@H](C)OC(=O)c2ccc(C)c(F)c2)cc1OC. The summed E-state index contributed by atoms with van der Waals surface area (Å²) in [6.07, 6.45) is -1.03. The lowest BCUT2D eigenvalue weighted by atomic mass is 10.1.